The normalized spacial score (nSPS) is 21.2. The van der Waals surface area contributed by atoms with Gasteiger partial charge in [-0.15, -0.1) is 0 Å². The highest BCUT2D eigenvalue weighted by atomic mass is 16.5. The number of rotatable bonds is 4. The molecule has 0 radical (unpaired) electrons. The number of carbonyl (C=O) groups excluding carboxylic acids is 1. The number of ether oxygens (including phenoxy) is 1. The molecule has 0 aromatic carbocycles. The Hall–Kier alpha value is -1.37. The summed E-state index contributed by atoms with van der Waals surface area (Å²) in [4.78, 5) is 16.5. The van der Waals surface area contributed by atoms with E-state index in [9.17, 15) is 4.79 Å². The zero-order valence-corrected chi connectivity index (χ0v) is 12.7. The molecule has 0 amide bonds. The van der Waals surface area contributed by atoms with Gasteiger partial charge in [-0.25, -0.2) is 4.79 Å². The average molecular weight is 293 g/mol. The van der Waals surface area contributed by atoms with Gasteiger partial charge >= 0.3 is 5.97 Å². The van der Waals surface area contributed by atoms with Gasteiger partial charge in [-0.05, 0) is 13.0 Å². The van der Waals surface area contributed by atoms with Crippen molar-refractivity contribution in [2.24, 2.45) is 0 Å². The van der Waals surface area contributed by atoms with Crippen molar-refractivity contribution in [3.8, 4) is 0 Å². The van der Waals surface area contributed by atoms with E-state index in [1.807, 2.05) is 0 Å². The number of esters is 1. The molecule has 0 aliphatic carbocycles. The molecular formula is C15H23N3O3. The van der Waals surface area contributed by atoms with Gasteiger partial charge in [0.2, 0.25) is 0 Å². The summed E-state index contributed by atoms with van der Waals surface area (Å²) in [5.74, 6) is 1.15. The number of methoxy groups -OCH3 is 1. The number of piperazine rings is 1. The van der Waals surface area contributed by atoms with E-state index in [1.165, 1.54) is 7.11 Å². The topological polar surface area (TPSA) is 58.0 Å². The molecule has 3 heterocycles. The van der Waals surface area contributed by atoms with Crippen molar-refractivity contribution >= 4 is 5.97 Å². The highest BCUT2D eigenvalue weighted by Crippen LogP contribution is 2.22. The average Bonchev–Trinajstić information content (AvgIpc) is 2.83. The zero-order valence-electron chi connectivity index (χ0n) is 12.7. The zero-order chi connectivity index (χ0) is 14.8. The van der Waals surface area contributed by atoms with E-state index in [2.05, 4.69) is 15.1 Å². The first-order valence-corrected chi connectivity index (χ1v) is 7.52. The number of hydrogen-bond acceptors (Lipinski definition) is 6. The van der Waals surface area contributed by atoms with Gasteiger partial charge in [-0.1, -0.05) is 0 Å². The van der Waals surface area contributed by atoms with Crippen molar-refractivity contribution < 1.29 is 13.9 Å². The van der Waals surface area contributed by atoms with Crippen molar-refractivity contribution in [1.29, 1.82) is 0 Å². The lowest BCUT2D eigenvalue weighted by Crippen LogP contribution is -2.62. The van der Waals surface area contributed by atoms with Crippen molar-refractivity contribution in [3.05, 3.63) is 23.2 Å². The highest BCUT2D eigenvalue weighted by Gasteiger charge is 2.32. The summed E-state index contributed by atoms with van der Waals surface area (Å²) >= 11 is 0. The van der Waals surface area contributed by atoms with Gasteiger partial charge in [0.15, 0.2) is 0 Å². The highest BCUT2D eigenvalue weighted by molar-refractivity contribution is 5.90. The molecule has 2 saturated heterocycles. The minimum Gasteiger partial charge on any atom is -0.465 e. The number of likely N-dealkylation sites (tertiary alicyclic amines) is 1. The largest absolute Gasteiger partial charge is 0.465 e. The fourth-order valence-electron chi connectivity index (χ4n) is 3.10. The van der Waals surface area contributed by atoms with Crippen LogP contribution >= 0.6 is 0 Å². The predicted octanol–water partition coefficient (Wildman–Crippen LogP) is 0.464. The summed E-state index contributed by atoms with van der Waals surface area (Å²) in [5.41, 5.74) is 0.534. The minimum atomic E-state index is -0.329. The first-order valence-electron chi connectivity index (χ1n) is 7.52. The molecule has 0 unspecified atom stereocenters. The second-order valence-electron chi connectivity index (χ2n) is 5.81. The lowest BCUT2D eigenvalue weighted by Gasteiger charge is -2.46. The van der Waals surface area contributed by atoms with E-state index in [0.717, 1.165) is 51.6 Å². The molecule has 3 rings (SSSR count). The van der Waals surface area contributed by atoms with Crippen molar-refractivity contribution in [2.75, 3.05) is 46.4 Å². The van der Waals surface area contributed by atoms with Gasteiger partial charge in [0, 0.05) is 45.3 Å². The van der Waals surface area contributed by atoms with E-state index in [1.54, 1.807) is 13.0 Å². The molecule has 6 nitrogen and oxygen atoms in total. The van der Waals surface area contributed by atoms with Gasteiger partial charge in [0.05, 0.1) is 13.7 Å². The lowest BCUT2D eigenvalue weighted by molar-refractivity contribution is 0.0184. The number of aryl methyl sites for hydroxylation is 1. The van der Waals surface area contributed by atoms with Crippen LogP contribution in [0.1, 0.15) is 21.9 Å². The van der Waals surface area contributed by atoms with E-state index >= 15 is 0 Å². The molecule has 2 aliphatic heterocycles. The SMILES string of the molecule is COC(=O)c1cc(CN2CC(N3CCNCC3)C2)oc1C. The quantitative estimate of drug-likeness (QED) is 0.814. The first kappa shape index (κ1) is 14.6. The fourth-order valence-corrected chi connectivity index (χ4v) is 3.10. The second kappa shape index (κ2) is 6.17. The van der Waals surface area contributed by atoms with E-state index < -0.39 is 0 Å². The Morgan fingerprint density at radius 1 is 1.43 bits per heavy atom. The Balaban J connectivity index is 1.51. The van der Waals surface area contributed by atoms with Crippen LogP contribution in [0.2, 0.25) is 0 Å². The maximum absolute atomic E-state index is 11.6. The maximum Gasteiger partial charge on any atom is 0.341 e. The molecule has 21 heavy (non-hydrogen) atoms. The van der Waals surface area contributed by atoms with E-state index in [4.69, 9.17) is 9.15 Å². The molecule has 1 aromatic heterocycles. The molecule has 0 atom stereocenters. The van der Waals surface area contributed by atoms with Gasteiger partial charge in [-0.3, -0.25) is 9.80 Å². The van der Waals surface area contributed by atoms with Crippen LogP contribution in [-0.4, -0.2) is 68.2 Å². The molecule has 0 bridgehead atoms. The van der Waals surface area contributed by atoms with Crippen LogP contribution in [0.5, 0.6) is 0 Å². The maximum atomic E-state index is 11.6. The molecule has 0 saturated carbocycles. The number of hydrogen-bond donors (Lipinski definition) is 1. The molecule has 1 aromatic rings. The van der Waals surface area contributed by atoms with Crippen molar-refractivity contribution in [2.45, 2.75) is 19.5 Å². The third-order valence-electron chi connectivity index (χ3n) is 4.36. The van der Waals surface area contributed by atoms with Crippen LogP contribution in [-0.2, 0) is 11.3 Å². The molecule has 116 valence electrons. The summed E-state index contributed by atoms with van der Waals surface area (Å²) in [6.45, 7) is 9.19. The summed E-state index contributed by atoms with van der Waals surface area (Å²) in [6.07, 6.45) is 0. The molecule has 2 fully saturated rings. The van der Waals surface area contributed by atoms with E-state index in [0.29, 0.717) is 17.4 Å². The van der Waals surface area contributed by atoms with Gasteiger partial charge in [0.1, 0.15) is 17.1 Å². The van der Waals surface area contributed by atoms with Crippen molar-refractivity contribution in [3.63, 3.8) is 0 Å². The first-order chi connectivity index (χ1) is 10.2. The van der Waals surface area contributed by atoms with Crippen LogP contribution in [0.4, 0.5) is 0 Å². The summed E-state index contributed by atoms with van der Waals surface area (Å²) in [7, 11) is 1.39. The number of furan rings is 1. The summed E-state index contributed by atoms with van der Waals surface area (Å²) < 4.78 is 10.4. The van der Waals surface area contributed by atoms with Crippen LogP contribution in [0.25, 0.3) is 0 Å². The van der Waals surface area contributed by atoms with Gasteiger partial charge in [0.25, 0.3) is 0 Å². The van der Waals surface area contributed by atoms with E-state index in [-0.39, 0.29) is 5.97 Å². The number of nitrogens with zero attached hydrogens (tertiary/aromatic N) is 2. The van der Waals surface area contributed by atoms with Crippen LogP contribution in [0.15, 0.2) is 10.5 Å². The van der Waals surface area contributed by atoms with Gasteiger partial charge < -0.3 is 14.5 Å². The Morgan fingerprint density at radius 2 is 2.14 bits per heavy atom. The minimum absolute atomic E-state index is 0.329. The third-order valence-corrected chi connectivity index (χ3v) is 4.36. The molecule has 2 aliphatic rings. The van der Waals surface area contributed by atoms with Gasteiger partial charge in [-0.2, -0.15) is 0 Å². The van der Waals surface area contributed by atoms with Crippen LogP contribution in [0.3, 0.4) is 0 Å². The number of nitrogens with one attached hydrogen (secondary N) is 1. The number of carbonyl (C=O) groups is 1. The Kier molecular flexibility index (Phi) is 4.28. The summed E-state index contributed by atoms with van der Waals surface area (Å²) in [5, 5.41) is 3.38. The summed E-state index contributed by atoms with van der Waals surface area (Å²) in [6, 6.07) is 2.47. The molecule has 6 heteroatoms. The predicted molar refractivity (Wildman–Crippen MR) is 78.3 cm³/mol. The fraction of sp³-hybridized carbons (Fsp3) is 0.667. The standard InChI is InChI=1S/C15H23N3O3/c1-11-14(15(19)20-2)7-13(21-11)10-17-8-12(9-17)18-5-3-16-4-6-18/h7,12,16H,3-6,8-10H2,1-2H3. The Morgan fingerprint density at radius 3 is 2.81 bits per heavy atom. The lowest BCUT2D eigenvalue weighted by atomic mass is 10.1. The van der Waals surface area contributed by atoms with Crippen molar-refractivity contribution in [1.82, 2.24) is 15.1 Å². The third kappa shape index (κ3) is 3.12. The molecule has 1 N–H and O–H groups in total. The second-order valence-corrected chi connectivity index (χ2v) is 5.81. The molecule has 0 spiro atoms. The smallest absolute Gasteiger partial charge is 0.341 e. The Bertz CT molecular complexity index is 502. The Labute approximate surface area is 125 Å². The molecular weight excluding hydrogens is 270 g/mol. The van der Waals surface area contributed by atoms with Crippen LogP contribution in [0, 0.1) is 6.92 Å². The monoisotopic (exact) mass is 293 g/mol. The van der Waals surface area contributed by atoms with Crippen LogP contribution < -0.4 is 5.32 Å².